The molecule has 0 spiro atoms. The predicted molar refractivity (Wildman–Crippen MR) is 99.8 cm³/mol. The van der Waals surface area contributed by atoms with Crippen molar-refractivity contribution in [3.8, 4) is 17.2 Å². The average Bonchev–Trinajstić information content (AvgIpc) is 2.55. The predicted octanol–water partition coefficient (Wildman–Crippen LogP) is 1.25. The van der Waals surface area contributed by atoms with Crippen LogP contribution in [0.2, 0.25) is 0 Å². The zero-order chi connectivity index (χ0) is 19.0. The molecule has 2 rings (SSSR count). The van der Waals surface area contributed by atoms with Gasteiger partial charge >= 0.3 is 0 Å². The minimum absolute atomic E-state index is 0.154. The number of nitrogens with zero attached hydrogens (tertiary/aromatic N) is 2. The van der Waals surface area contributed by atoms with Crippen LogP contribution in [0, 0.1) is 0 Å². The summed E-state index contributed by atoms with van der Waals surface area (Å²) in [6.07, 6.45) is 5.42. The molecule has 2 aromatic rings. The zero-order valence-electron chi connectivity index (χ0n) is 15.0. The first-order chi connectivity index (χ1) is 11.8. The fourth-order valence-corrected chi connectivity index (χ4v) is 2.03. The Labute approximate surface area is 150 Å². The summed E-state index contributed by atoms with van der Waals surface area (Å²) in [6.45, 7) is 0. The summed E-state index contributed by atoms with van der Waals surface area (Å²) in [5, 5.41) is 0. The van der Waals surface area contributed by atoms with Gasteiger partial charge in [0.15, 0.2) is 11.5 Å². The Hall–Kier alpha value is -2.55. The molecule has 0 aliphatic carbocycles. The number of benzene rings is 1. The molecule has 0 unspecified atom stereocenters. The summed E-state index contributed by atoms with van der Waals surface area (Å²) in [7, 11) is 4.09. The number of rotatable bonds is 5. The van der Waals surface area contributed by atoms with E-state index in [0.29, 0.717) is 29.5 Å². The molecule has 0 radical (unpaired) electrons. The van der Waals surface area contributed by atoms with E-state index >= 15 is 0 Å². The van der Waals surface area contributed by atoms with Crippen LogP contribution in [-0.4, -0.2) is 48.0 Å². The molecule has 1 aromatic heterocycles. The number of anilines is 2. The van der Waals surface area contributed by atoms with Crippen molar-refractivity contribution in [2.24, 2.45) is 0 Å². The van der Waals surface area contributed by atoms with Crippen LogP contribution in [0.4, 0.5) is 11.8 Å². The molecule has 9 heteroatoms. The highest BCUT2D eigenvalue weighted by atomic mass is 32.2. The highest BCUT2D eigenvalue weighted by molar-refractivity contribution is 7.83. The van der Waals surface area contributed by atoms with Gasteiger partial charge in [-0.1, -0.05) is 0 Å². The Morgan fingerprint density at radius 3 is 1.96 bits per heavy atom. The molecule has 25 heavy (non-hydrogen) atoms. The van der Waals surface area contributed by atoms with Gasteiger partial charge < -0.3 is 25.7 Å². The van der Waals surface area contributed by atoms with Gasteiger partial charge in [-0.05, 0) is 17.7 Å². The monoisotopic (exact) mass is 368 g/mol. The molecule has 0 saturated carbocycles. The zero-order valence-corrected chi connectivity index (χ0v) is 15.8. The van der Waals surface area contributed by atoms with E-state index < -0.39 is 10.8 Å². The summed E-state index contributed by atoms with van der Waals surface area (Å²) in [5.41, 5.74) is 13.1. The van der Waals surface area contributed by atoms with Crippen LogP contribution in [0.25, 0.3) is 0 Å². The third-order valence-corrected chi connectivity index (χ3v) is 3.04. The number of ether oxygens (including phenoxy) is 3. The van der Waals surface area contributed by atoms with Crippen LogP contribution >= 0.6 is 0 Å². The molecule has 1 heterocycles. The first kappa shape index (κ1) is 20.5. The second-order valence-corrected chi connectivity index (χ2v) is 6.57. The Kier molecular flexibility index (Phi) is 7.93. The first-order valence-electron chi connectivity index (χ1n) is 7.23. The van der Waals surface area contributed by atoms with Crippen molar-refractivity contribution < 1.29 is 18.4 Å². The molecule has 0 atom stereocenters. The van der Waals surface area contributed by atoms with Crippen molar-refractivity contribution in [2.75, 3.05) is 45.3 Å². The highest BCUT2D eigenvalue weighted by Crippen LogP contribution is 2.38. The summed E-state index contributed by atoms with van der Waals surface area (Å²) >= 11 is 0. The second kappa shape index (κ2) is 9.67. The lowest BCUT2D eigenvalue weighted by Crippen LogP contribution is -2.04. The van der Waals surface area contributed by atoms with Crippen LogP contribution in [0.3, 0.4) is 0 Å². The molecule has 0 bridgehead atoms. The van der Waals surface area contributed by atoms with Gasteiger partial charge in [-0.2, -0.15) is 4.98 Å². The van der Waals surface area contributed by atoms with Gasteiger partial charge in [0.25, 0.3) is 0 Å². The van der Waals surface area contributed by atoms with Crippen LogP contribution < -0.4 is 25.7 Å². The van der Waals surface area contributed by atoms with E-state index in [0.717, 1.165) is 11.1 Å². The smallest absolute Gasteiger partial charge is 0.221 e. The number of hydrogen-bond acceptors (Lipinski definition) is 8. The van der Waals surface area contributed by atoms with Crippen molar-refractivity contribution >= 4 is 22.6 Å². The van der Waals surface area contributed by atoms with Gasteiger partial charge in [0.05, 0.1) is 21.3 Å². The van der Waals surface area contributed by atoms with E-state index in [1.807, 2.05) is 12.1 Å². The summed E-state index contributed by atoms with van der Waals surface area (Å²) < 4.78 is 25.5. The van der Waals surface area contributed by atoms with E-state index in [4.69, 9.17) is 25.7 Å². The van der Waals surface area contributed by atoms with Crippen LogP contribution in [0.15, 0.2) is 18.3 Å². The van der Waals surface area contributed by atoms with E-state index in [9.17, 15) is 4.21 Å². The van der Waals surface area contributed by atoms with Crippen molar-refractivity contribution in [1.29, 1.82) is 0 Å². The van der Waals surface area contributed by atoms with E-state index in [1.165, 1.54) is 0 Å². The number of hydrogen-bond donors (Lipinski definition) is 2. The second-order valence-electron chi connectivity index (χ2n) is 5.09. The van der Waals surface area contributed by atoms with Crippen molar-refractivity contribution in [2.45, 2.75) is 6.42 Å². The minimum Gasteiger partial charge on any atom is -0.493 e. The third-order valence-electron chi connectivity index (χ3n) is 3.04. The number of aromatic nitrogens is 2. The Balaban J connectivity index is 0.000000705. The maximum Gasteiger partial charge on any atom is 0.221 e. The van der Waals surface area contributed by atoms with E-state index in [-0.39, 0.29) is 5.95 Å². The van der Waals surface area contributed by atoms with Crippen LogP contribution in [0.1, 0.15) is 11.1 Å². The molecule has 0 aliphatic rings. The van der Waals surface area contributed by atoms with Crippen LogP contribution in [-0.2, 0) is 17.2 Å². The summed E-state index contributed by atoms with van der Waals surface area (Å²) in [5.74, 6) is 2.23. The molecule has 4 N–H and O–H groups in total. The molecule has 138 valence electrons. The van der Waals surface area contributed by atoms with Crippen molar-refractivity contribution in [3.05, 3.63) is 29.5 Å². The van der Waals surface area contributed by atoms with Gasteiger partial charge in [0, 0.05) is 41.5 Å². The standard InChI is InChI=1S/C14H18N4O3.C2H6OS/c1-19-10-5-8(6-11(20-2)12(10)21-3)4-9-7-17-14(16)18-13(9)15;1-4(2)3/h5-7H,4H2,1-3H3,(H4,15,16,17,18);1-2H3. The molecular weight excluding hydrogens is 344 g/mol. The lowest BCUT2D eigenvalue weighted by molar-refractivity contribution is 0.324. The van der Waals surface area contributed by atoms with Crippen LogP contribution in [0.5, 0.6) is 17.2 Å². The topological polar surface area (TPSA) is 123 Å². The minimum atomic E-state index is -0.611. The Morgan fingerprint density at radius 2 is 1.56 bits per heavy atom. The largest absolute Gasteiger partial charge is 0.493 e. The molecular formula is C16H24N4O4S. The van der Waals surface area contributed by atoms with Gasteiger partial charge in [-0.3, -0.25) is 4.21 Å². The molecule has 0 aliphatic heterocycles. The third kappa shape index (κ3) is 6.11. The molecule has 0 fully saturated rings. The maximum absolute atomic E-state index is 9.56. The van der Waals surface area contributed by atoms with Crippen molar-refractivity contribution in [3.63, 3.8) is 0 Å². The van der Waals surface area contributed by atoms with Gasteiger partial charge in [-0.25, -0.2) is 4.98 Å². The lowest BCUT2D eigenvalue weighted by Gasteiger charge is -2.14. The van der Waals surface area contributed by atoms with Crippen molar-refractivity contribution in [1.82, 2.24) is 9.97 Å². The summed E-state index contributed by atoms with van der Waals surface area (Å²) in [6, 6.07) is 3.72. The lowest BCUT2D eigenvalue weighted by atomic mass is 10.1. The fraction of sp³-hybridized carbons (Fsp3) is 0.375. The number of nitrogens with two attached hydrogens (primary N) is 2. The van der Waals surface area contributed by atoms with Gasteiger partial charge in [-0.15, -0.1) is 0 Å². The average molecular weight is 368 g/mol. The first-order valence-corrected chi connectivity index (χ1v) is 9.19. The normalized spacial score (nSPS) is 10.0. The Bertz CT molecular complexity index is 711. The van der Waals surface area contributed by atoms with Gasteiger partial charge in [0.1, 0.15) is 5.82 Å². The quantitative estimate of drug-likeness (QED) is 0.808. The number of nitrogen functional groups attached to an aromatic ring is 2. The van der Waals surface area contributed by atoms with E-state index in [2.05, 4.69) is 9.97 Å². The SMILES string of the molecule is COc1cc(Cc2cnc(N)nc2N)cc(OC)c1OC.CS(C)=O. The highest BCUT2D eigenvalue weighted by Gasteiger charge is 2.14. The summed E-state index contributed by atoms with van der Waals surface area (Å²) in [4.78, 5) is 7.90. The Morgan fingerprint density at radius 1 is 1.04 bits per heavy atom. The molecule has 8 nitrogen and oxygen atoms in total. The maximum atomic E-state index is 9.56. The van der Waals surface area contributed by atoms with E-state index in [1.54, 1.807) is 40.0 Å². The molecule has 0 saturated heterocycles. The fourth-order valence-electron chi connectivity index (χ4n) is 2.03. The van der Waals surface area contributed by atoms with Gasteiger partial charge in [0.2, 0.25) is 11.7 Å². The molecule has 1 aromatic carbocycles. The molecule has 0 amide bonds. The number of methoxy groups -OCH3 is 3.